The molecule has 1 aliphatic rings. The molecule has 0 radical (unpaired) electrons. The lowest BCUT2D eigenvalue weighted by Crippen LogP contribution is -2.30. The summed E-state index contributed by atoms with van der Waals surface area (Å²) >= 11 is 0. The molecule has 2 atom stereocenters. The fraction of sp³-hybridized carbons (Fsp3) is 0.350. The largest absolute Gasteiger partial charge is 0.489 e. The minimum Gasteiger partial charge on any atom is -0.489 e. The Morgan fingerprint density at radius 3 is 2.58 bits per heavy atom. The van der Waals surface area contributed by atoms with Gasteiger partial charge in [-0.1, -0.05) is 48.5 Å². The molecule has 0 saturated heterocycles. The van der Waals surface area contributed by atoms with Gasteiger partial charge in [0, 0.05) is 24.1 Å². The summed E-state index contributed by atoms with van der Waals surface area (Å²) in [5, 5.41) is 3.03. The van der Waals surface area contributed by atoms with E-state index in [4.69, 9.17) is 10.5 Å². The average Bonchev–Trinajstić information content (AvgIpc) is 3.06. The molecule has 1 saturated carbocycles. The van der Waals surface area contributed by atoms with Crippen molar-refractivity contribution in [3.63, 3.8) is 0 Å². The van der Waals surface area contributed by atoms with Crippen molar-refractivity contribution in [2.75, 3.05) is 0 Å². The van der Waals surface area contributed by atoms with E-state index in [1.165, 1.54) is 0 Å². The Hall–Kier alpha value is -2.33. The van der Waals surface area contributed by atoms with Crippen molar-refractivity contribution in [1.29, 1.82) is 0 Å². The third kappa shape index (κ3) is 4.36. The average molecular weight is 324 g/mol. The molecule has 0 aromatic heterocycles. The SMILES string of the molecule is NC1CCC(C(=O)NCc2ccccc2OCc2ccccc2)C1. The lowest BCUT2D eigenvalue weighted by Gasteiger charge is -2.14. The fourth-order valence-electron chi connectivity index (χ4n) is 3.11. The van der Waals surface area contributed by atoms with Crippen LogP contribution in [0.15, 0.2) is 54.6 Å². The van der Waals surface area contributed by atoms with Crippen LogP contribution < -0.4 is 15.8 Å². The Bertz CT molecular complexity index is 672. The van der Waals surface area contributed by atoms with Gasteiger partial charge in [-0.3, -0.25) is 4.79 Å². The normalized spacial score (nSPS) is 19.9. The summed E-state index contributed by atoms with van der Waals surface area (Å²) in [7, 11) is 0. The van der Waals surface area contributed by atoms with Crippen LogP contribution in [0.4, 0.5) is 0 Å². The molecule has 0 spiro atoms. The summed E-state index contributed by atoms with van der Waals surface area (Å²) in [5.41, 5.74) is 8.00. The fourth-order valence-corrected chi connectivity index (χ4v) is 3.11. The Morgan fingerprint density at radius 2 is 1.83 bits per heavy atom. The van der Waals surface area contributed by atoms with Gasteiger partial charge in [-0.2, -0.15) is 0 Å². The van der Waals surface area contributed by atoms with Gasteiger partial charge in [-0.05, 0) is 30.9 Å². The molecule has 0 aliphatic heterocycles. The second-order valence-corrected chi connectivity index (χ2v) is 6.37. The second kappa shape index (κ2) is 7.97. The highest BCUT2D eigenvalue weighted by Gasteiger charge is 2.27. The number of carbonyl (C=O) groups excluding carboxylic acids is 1. The van der Waals surface area contributed by atoms with Crippen molar-refractivity contribution in [3.05, 3.63) is 65.7 Å². The summed E-state index contributed by atoms with van der Waals surface area (Å²) in [6.45, 7) is 0.999. The van der Waals surface area contributed by atoms with Crippen LogP contribution >= 0.6 is 0 Å². The first-order chi connectivity index (χ1) is 11.7. The van der Waals surface area contributed by atoms with Gasteiger partial charge in [-0.15, -0.1) is 0 Å². The van der Waals surface area contributed by atoms with E-state index >= 15 is 0 Å². The van der Waals surface area contributed by atoms with Crippen molar-refractivity contribution in [1.82, 2.24) is 5.32 Å². The number of amides is 1. The van der Waals surface area contributed by atoms with E-state index in [1.54, 1.807) is 0 Å². The molecule has 0 heterocycles. The summed E-state index contributed by atoms with van der Waals surface area (Å²) in [6.07, 6.45) is 2.62. The van der Waals surface area contributed by atoms with Crippen LogP contribution in [0.25, 0.3) is 0 Å². The predicted octanol–water partition coefficient (Wildman–Crippen LogP) is 3.01. The number of carbonyl (C=O) groups is 1. The second-order valence-electron chi connectivity index (χ2n) is 6.37. The molecule has 4 nitrogen and oxygen atoms in total. The summed E-state index contributed by atoms with van der Waals surface area (Å²) in [5.74, 6) is 0.961. The zero-order valence-corrected chi connectivity index (χ0v) is 13.8. The monoisotopic (exact) mass is 324 g/mol. The van der Waals surface area contributed by atoms with E-state index in [2.05, 4.69) is 5.32 Å². The molecule has 24 heavy (non-hydrogen) atoms. The third-order valence-electron chi connectivity index (χ3n) is 4.51. The van der Waals surface area contributed by atoms with E-state index < -0.39 is 0 Å². The maximum atomic E-state index is 12.2. The third-order valence-corrected chi connectivity index (χ3v) is 4.51. The number of nitrogens with two attached hydrogens (primary N) is 1. The Labute approximate surface area is 143 Å². The molecule has 1 aliphatic carbocycles. The van der Waals surface area contributed by atoms with Gasteiger partial charge in [0.05, 0.1) is 0 Å². The maximum Gasteiger partial charge on any atom is 0.223 e. The smallest absolute Gasteiger partial charge is 0.223 e. The molecule has 3 rings (SSSR count). The van der Waals surface area contributed by atoms with E-state index in [1.807, 2.05) is 54.6 Å². The summed E-state index contributed by atoms with van der Waals surface area (Å²) < 4.78 is 5.93. The van der Waals surface area contributed by atoms with Gasteiger partial charge in [0.1, 0.15) is 12.4 Å². The zero-order valence-electron chi connectivity index (χ0n) is 13.8. The highest BCUT2D eigenvalue weighted by atomic mass is 16.5. The molecule has 4 heteroatoms. The van der Waals surface area contributed by atoms with Crippen LogP contribution in [-0.2, 0) is 17.9 Å². The Kier molecular flexibility index (Phi) is 5.49. The molecular formula is C20H24N2O2. The van der Waals surface area contributed by atoms with E-state index in [9.17, 15) is 4.79 Å². The van der Waals surface area contributed by atoms with Crippen molar-refractivity contribution >= 4 is 5.91 Å². The number of nitrogens with one attached hydrogen (secondary N) is 1. The summed E-state index contributed by atoms with van der Waals surface area (Å²) in [4.78, 5) is 12.2. The highest BCUT2D eigenvalue weighted by molar-refractivity contribution is 5.79. The molecule has 1 fully saturated rings. The minimum atomic E-state index is 0.0531. The lowest BCUT2D eigenvalue weighted by molar-refractivity contribution is -0.125. The lowest BCUT2D eigenvalue weighted by atomic mass is 10.1. The van der Waals surface area contributed by atoms with Gasteiger partial charge < -0.3 is 15.8 Å². The van der Waals surface area contributed by atoms with Crippen molar-refractivity contribution in [2.45, 2.75) is 38.5 Å². The first-order valence-electron chi connectivity index (χ1n) is 8.50. The molecule has 0 bridgehead atoms. The first-order valence-corrected chi connectivity index (χ1v) is 8.50. The number of benzene rings is 2. The molecule has 1 amide bonds. The predicted molar refractivity (Wildman–Crippen MR) is 94.4 cm³/mol. The van der Waals surface area contributed by atoms with Crippen molar-refractivity contribution in [2.24, 2.45) is 11.7 Å². The van der Waals surface area contributed by atoms with Gasteiger partial charge in [0.2, 0.25) is 5.91 Å². The topological polar surface area (TPSA) is 64.4 Å². The van der Waals surface area contributed by atoms with Gasteiger partial charge in [0.15, 0.2) is 0 Å². The number of ether oxygens (including phenoxy) is 1. The molecule has 126 valence electrons. The van der Waals surface area contributed by atoms with Crippen LogP contribution in [0, 0.1) is 5.92 Å². The standard InChI is InChI=1S/C20H24N2O2/c21-18-11-10-16(12-18)20(23)22-13-17-8-4-5-9-19(17)24-14-15-6-2-1-3-7-15/h1-9,16,18H,10-14,21H2,(H,22,23). The molecular weight excluding hydrogens is 300 g/mol. The van der Waals surface area contributed by atoms with Crippen LogP contribution in [0.3, 0.4) is 0 Å². The minimum absolute atomic E-state index is 0.0531. The van der Waals surface area contributed by atoms with Crippen LogP contribution in [-0.4, -0.2) is 11.9 Å². The van der Waals surface area contributed by atoms with E-state index in [-0.39, 0.29) is 17.9 Å². The Balaban J connectivity index is 1.56. The van der Waals surface area contributed by atoms with Gasteiger partial charge in [0.25, 0.3) is 0 Å². The molecule has 2 aromatic rings. The number of para-hydroxylation sites is 1. The summed E-state index contributed by atoms with van der Waals surface area (Å²) in [6, 6.07) is 18.1. The molecule has 3 N–H and O–H groups in total. The Morgan fingerprint density at radius 1 is 1.08 bits per heavy atom. The van der Waals surface area contributed by atoms with Crippen molar-refractivity contribution in [3.8, 4) is 5.75 Å². The van der Waals surface area contributed by atoms with Gasteiger partial charge in [-0.25, -0.2) is 0 Å². The first kappa shape index (κ1) is 16.5. The molecule has 2 unspecified atom stereocenters. The zero-order chi connectivity index (χ0) is 16.8. The maximum absolute atomic E-state index is 12.2. The number of hydrogen-bond donors (Lipinski definition) is 2. The number of rotatable bonds is 6. The van der Waals surface area contributed by atoms with Crippen LogP contribution in [0.1, 0.15) is 30.4 Å². The van der Waals surface area contributed by atoms with E-state index in [0.717, 1.165) is 36.1 Å². The van der Waals surface area contributed by atoms with E-state index in [0.29, 0.717) is 13.2 Å². The highest BCUT2D eigenvalue weighted by Crippen LogP contribution is 2.25. The van der Waals surface area contributed by atoms with Crippen LogP contribution in [0.2, 0.25) is 0 Å². The van der Waals surface area contributed by atoms with Crippen molar-refractivity contribution < 1.29 is 9.53 Å². The van der Waals surface area contributed by atoms with Crippen LogP contribution in [0.5, 0.6) is 5.75 Å². The quantitative estimate of drug-likeness (QED) is 0.858. The van der Waals surface area contributed by atoms with Gasteiger partial charge >= 0.3 is 0 Å². The molecule has 2 aromatic carbocycles. The number of hydrogen-bond acceptors (Lipinski definition) is 3.